The first-order valence-electron chi connectivity index (χ1n) is 6.35. The van der Waals surface area contributed by atoms with Gasteiger partial charge in [-0.05, 0) is 38.5 Å². The summed E-state index contributed by atoms with van der Waals surface area (Å²) in [6.45, 7) is 3.62. The highest BCUT2D eigenvalue weighted by Gasteiger charge is 2.28. The van der Waals surface area contributed by atoms with Crippen molar-refractivity contribution in [1.82, 2.24) is 4.31 Å². The lowest BCUT2D eigenvalue weighted by molar-refractivity contribution is -0.137. The van der Waals surface area contributed by atoms with Gasteiger partial charge in [-0.25, -0.2) is 8.42 Å². The molecule has 0 aliphatic carbocycles. The van der Waals surface area contributed by atoms with E-state index in [4.69, 9.17) is 16.7 Å². The summed E-state index contributed by atoms with van der Waals surface area (Å²) < 4.78 is 27.3. The SMILES string of the molecule is CC(C)N(CCCC(=O)O)S(=O)(=O)c1ccc(Br)cc1Cl. The molecule has 8 heteroatoms. The van der Waals surface area contributed by atoms with Gasteiger partial charge >= 0.3 is 5.97 Å². The zero-order valence-electron chi connectivity index (χ0n) is 11.7. The number of halogens is 2. The fourth-order valence-corrected chi connectivity index (χ4v) is 4.54. The van der Waals surface area contributed by atoms with Crippen LogP contribution in [0.1, 0.15) is 26.7 Å². The second kappa shape index (κ2) is 7.58. The van der Waals surface area contributed by atoms with E-state index < -0.39 is 16.0 Å². The smallest absolute Gasteiger partial charge is 0.303 e. The molecule has 118 valence electrons. The first-order valence-corrected chi connectivity index (χ1v) is 8.96. The van der Waals surface area contributed by atoms with E-state index in [-0.39, 0.29) is 35.3 Å². The van der Waals surface area contributed by atoms with E-state index in [1.54, 1.807) is 19.9 Å². The Labute approximate surface area is 138 Å². The molecular formula is C13H17BrClNO4S. The van der Waals surface area contributed by atoms with Crippen LogP contribution in [0.25, 0.3) is 0 Å². The molecule has 0 heterocycles. The summed E-state index contributed by atoms with van der Waals surface area (Å²) in [7, 11) is -3.76. The molecular weight excluding hydrogens is 382 g/mol. The number of hydrogen-bond donors (Lipinski definition) is 1. The summed E-state index contributed by atoms with van der Waals surface area (Å²) in [6, 6.07) is 4.27. The molecule has 0 bridgehead atoms. The fourth-order valence-electron chi connectivity index (χ4n) is 1.85. The summed E-state index contributed by atoms with van der Waals surface area (Å²) in [5.41, 5.74) is 0. The van der Waals surface area contributed by atoms with Crippen LogP contribution >= 0.6 is 27.5 Å². The summed E-state index contributed by atoms with van der Waals surface area (Å²) in [6.07, 6.45) is 0.174. The molecule has 0 aliphatic heterocycles. The lowest BCUT2D eigenvalue weighted by Gasteiger charge is -2.26. The number of rotatable bonds is 7. The van der Waals surface area contributed by atoms with Crippen molar-refractivity contribution in [3.8, 4) is 0 Å². The Morgan fingerprint density at radius 1 is 1.43 bits per heavy atom. The molecule has 0 amide bonds. The third-order valence-electron chi connectivity index (χ3n) is 2.83. The second-order valence-electron chi connectivity index (χ2n) is 4.78. The van der Waals surface area contributed by atoms with Crippen molar-refractivity contribution < 1.29 is 18.3 Å². The number of sulfonamides is 1. The molecule has 0 unspecified atom stereocenters. The van der Waals surface area contributed by atoms with Crippen molar-refractivity contribution in [3.63, 3.8) is 0 Å². The molecule has 0 saturated carbocycles. The number of carboxylic acids is 1. The standard InChI is InChI=1S/C13H17BrClNO4S/c1-9(2)16(7-3-4-13(17)18)21(19,20)12-6-5-10(14)8-11(12)15/h5-6,8-9H,3-4,7H2,1-2H3,(H,17,18). The van der Waals surface area contributed by atoms with E-state index in [1.165, 1.54) is 16.4 Å². The van der Waals surface area contributed by atoms with Gasteiger partial charge in [0.15, 0.2) is 0 Å². The Morgan fingerprint density at radius 2 is 2.05 bits per heavy atom. The molecule has 1 aromatic rings. The van der Waals surface area contributed by atoms with E-state index in [1.807, 2.05) is 0 Å². The molecule has 0 atom stereocenters. The minimum atomic E-state index is -3.76. The number of hydrogen-bond acceptors (Lipinski definition) is 3. The maximum Gasteiger partial charge on any atom is 0.303 e. The maximum absolute atomic E-state index is 12.7. The first-order chi connectivity index (χ1) is 9.66. The van der Waals surface area contributed by atoms with E-state index in [0.717, 1.165) is 0 Å². The van der Waals surface area contributed by atoms with Crippen LogP contribution in [0.3, 0.4) is 0 Å². The monoisotopic (exact) mass is 397 g/mol. The minimum Gasteiger partial charge on any atom is -0.481 e. The Kier molecular flexibility index (Phi) is 6.65. The van der Waals surface area contributed by atoms with E-state index in [9.17, 15) is 13.2 Å². The number of carboxylic acid groups (broad SMARTS) is 1. The number of benzene rings is 1. The largest absolute Gasteiger partial charge is 0.481 e. The van der Waals surface area contributed by atoms with Crippen molar-refractivity contribution in [2.24, 2.45) is 0 Å². The molecule has 21 heavy (non-hydrogen) atoms. The molecule has 5 nitrogen and oxygen atoms in total. The van der Waals surface area contributed by atoms with Crippen LogP contribution in [0, 0.1) is 0 Å². The van der Waals surface area contributed by atoms with Crippen LogP contribution in [0.5, 0.6) is 0 Å². The highest BCUT2D eigenvalue weighted by Crippen LogP contribution is 2.28. The molecule has 0 aromatic heterocycles. The maximum atomic E-state index is 12.7. The van der Waals surface area contributed by atoms with Gasteiger partial charge in [0, 0.05) is 23.5 Å². The normalized spacial score (nSPS) is 12.1. The van der Waals surface area contributed by atoms with Crippen LogP contribution in [0.4, 0.5) is 0 Å². The molecule has 1 rings (SSSR count). The number of nitrogens with zero attached hydrogens (tertiary/aromatic N) is 1. The third kappa shape index (κ3) is 4.95. The van der Waals surface area contributed by atoms with Gasteiger partial charge in [0.05, 0.1) is 5.02 Å². The van der Waals surface area contributed by atoms with Gasteiger partial charge in [0.1, 0.15) is 4.90 Å². The number of carbonyl (C=O) groups is 1. The van der Waals surface area contributed by atoms with E-state index >= 15 is 0 Å². The van der Waals surface area contributed by atoms with Crippen molar-refractivity contribution in [2.45, 2.75) is 37.6 Å². The van der Waals surface area contributed by atoms with Crippen LogP contribution in [0.2, 0.25) is 5.02 Å². The van der Waals surface area contributed by atoms with Gasteiger partial charge in [0.25, 0.3) is 0 Å². The molecule has 0 aliphatic rings. The van der Waals surface area contributed by atoms with E-state index in [0.29, 0.717) is 4.47 Å². The number of aliphatic carboxylic acids is 1. The summed E-state index contributed by atoms with van der Waals surface area (Å²) >= 11 is 9.25. The third-order valence-corrected chi connectivity index (χ3v) is 5.88. The van der Waals surface area contributed by atoms with Crippen molar-refractivity contribution >= 4 is 43.5 Å². The Morgan fingerprint density at radius 3 is 2.52 bits per heavy atom. The Hall–Kier alpha value is -0.630. The summed E-state index contributed by atoms with van der Waals surface area (Å²) in [4.78, 5) is 10.6. The van der Waals surface area contributed by atoms with Gasteiger partial charge < -0.3 is 5.11 Å². The molecule has 0 fully saturated rings. The van der Waals surface area contributed by atoms with Gasteiger partial charge in [-0.2, -0.15) is 4.31 Å². The molecule has 1 N–H and O–H groups in total. The van der Waals surface area contributed by atoms with Gasteiger partial charge in [-0.1, -0.05) is 27.5 Å². The summed E-state index contributed by atoms with van der Waals surface area (Å²) in [5.74, 6) is -0.947. The van der Waals surface area contributed by atoms with Gasteiger partial charge in [-0.3, -0.25) is 4.79 Å². The molecule has 1 aromatic carbocycles. The average molecular weight is 399 g/mol. The predicted molar refractivity (Wildman–Crippen MR) is 85.0 cm³/mol. The second-order valence-corrected chi connectivity index (χ2v) is 7.96. The first kappa shape index (κ1) is 18.4. The average Bonchev–Trinajstić information content (AvgIpc) is 2.32. The minimum absolute atomic E-state index is 0.0244. The highest BCUT2D eigenvalue weighted by atomic mass is 79.9. The van der Waals surface area contributed by atoms with Crippen LogP contribution in [-0.2, 0) is 14.8 Å². The van der Waals surface area contributed by atoms with E-state index in [2.05, 4.69) is 15.9 Å². The highest BCUT2D eigenvalue weighted by molar-refractivity contribution is 9.10. The molecule has 0 saturated heterocycles. The fraction of sp³-hybridized carbons (Fsp3) is 0.462. The van der Waals surface area contributed by atoms with Gasteiger partial charge in [-0.15, -0.1) is 0 Å². The molecule has 0 radical (unpaired) electrons. The Balaban J connectivity index is 3.07. The zero-order valence-corrected chi connectivity index (χ0v) is 14.9. The van der Waals surface area contributed by atoms with Crippen molar-refractivity contribution in [3.05, 3.63) is 27.7 Å². The zero-order chi connectivity index (χ0) is 16.2. The van der Waals surface area contributed by atoms with Crippen LogP contribution in [0.15, 0.2) is 27.6 Å². The van der Waals surface area contributed by atoms with Crippen molar-refractivity contribution in [2.75, 3.05) is 6.54 Å². The Bertz CT molecular complexity index is 619. The van der Waals surface area contributed by atoms with Crippen LogP contribution in [-0.4, -0.2) is 36.4 Å². The lowest BCUT2D eigenvalue weighted by Crippen LogP contribution is -2.38. The topological polar surface area (TPSA) is 74.7 Å². The summed E-state index contributed by atoms with van der Waals surface area (Å²) in [5, 5.41) is 8.80. The van der Waals surface area contributed by atoms with Crippen molar-refractivity contribution in [1.29, 1.82) is 0 Å². The predicted octanol–water partition coefficient (Wildman–Crippen LogP) is 3.37. The van der Waals surface area contributed by atoms with Gasteiger partial charge in [0.2, 0.25) is 10.0 Å². The quantitative estimate of drug-likeness (QED) is 0.764. The molecule has 0 spiro atoms. The lowest BCUT2D eigenvalue weighted by atomic mass is 10.3. The van der Waals surface area contributed by atoms with Crippen LogP contribution < -0.4 is 0 Å².